The van der Waals surface area contributed by atoms with Crippen LogP contribution in [0.5, 0.6) is 17.2 Å². The Morgan fingerprint density at radius 3 is 2.56 bits per heavy atom. The highest BCUT2D eigenvalue weighted by Crippen LogP contribution is 2.59. The molecule has 3 atom stereocenters. The lowest BCUT2D eigenvalue weighted by atomic mass is 9.64. The molecule has 7 nitrogen and oxygen atoms in total. The fourth-order valence-electron chi connectivity index (χ4n) is 4.66. The van der Waals surface area contributed by atoms with E-state index in [4.69, 9.17) is 14.2 Å². The van der Waals surface area contributed by atoms with Gasteiger partial charge in [-0.2, -0.15) is 0 Å². The van der Waals surface area contributed by atoms with Crippen LogP contribution in [0.4, 0.5) is 0 Å². The van der Waals surface area contributed by atoms with Crippen molar-refractivity contribution in [2.24, 2.45) is 11.8 Å². The number of phenolic OH excluding ortho intramolecular Hbond substituents is 1. The highest BCUT2D eigenvalue weighted by atomic mass is 16.5. The molecule has 0 heterocycles. The lowest BCUT2D eigenvalue weighted by molar-refractivity contribution is -0.121. The molecule has 0 saturated heterocycles. The maximum absolute atomic E-state index is 12.7. The molecule has 1 amide bonds. The maximum atomic E-state index is 12.7. The van der Waals surface area contributed by atoms with Gasteiger partial charge in [-0.25, -0.2) is 0 Å². The van der Waals surface area contributed by atoms with Gasteiger partial charge in [0, 0.05) is 11.5 Å². The van der Waals surface area contributed by atoms with E-state index < -0.39 is 0 Å². The molecule has 142 valence electrons. The first-order valence-electron chi connectivity index (χ1n) is 8.78. The van der Waals surface area contributed by atoms with Crippen molar-refractivity contribution in [3.05, 3.63) is 34.6 Å². The Kier molecular flexibility index (Phi) is 4.09. The number of Topliss-reactive ketones (excluding diaryl/α,β-unsaturated/α-hetero) is 1. The molecule has 0 radical (unpaired) electrons. The average Bonchev–Trinajstić information content (AvgIpc) is 2.84. The molecule has 0 spiro atoms. The van der Waals surface area contributed by atoms with Gasteiger partial charge in [0.05, 0.1) is 33.3 Å². The molecular weight excluding hydrogens is 350 g/mol. The number of rotatable bonds is 5. The van der Waals surface area contributed by atoms with Gasteiger partial charge < -0.3 is 24.6 Å². The van der Waals surface area contributed by atoms with E-state index in [2.05, 4.69) is 5.32 Å². The molecule has 0 saturated carbocycles. The lowest BCUT2D eigenvalue weighted by Gasteiger charge is -2.39. The Bertz CT molecular complexity index is 900. The number of methoxy groups -OCH3 is 3. The number of ketones is 1. The average molecular weight is 371 g/mol. The van der Waals surface area contributed by atoms with Crippen molar-refractivity contribution in [2.45, 2.75) is 18.9 Å². The second kappa shape index (κ2) is 6.33. The van der Waals surface area contributed by atoms with E-state index in [9.17, 15) is 14.7 Å². The summed E-state index contributed by atoms with van der Waals surface area (Å²) in [6.45, 7) is 0. The molecule has 7 heteroatoms. The number of allylic oxidation sites excluding steroid dienone is 3. The number of hydrogen-bond donors (Lipinski definition) is 2. The van der Waals surface area contributed by atoms with Crippen LogP contribution in [0.2, 0.25) is 0 Å². The highest BCUT2D eigenvalue weighted by molar-refractivity contribution is 6.08. The van der Waals surface area contributed by atoms with Gasteiger partial charge in [0.2, 0.25) is 17.9 Å². The summed E-state index contributed by atoms with van der Waals surface area (Å²) in [5.41, 5.74) is 3.57. The quantitative estimate of drug-likeness (QED) is 0.764. The van der Waals surface area contributed by atoms with Crippen molar-refractivity contribution in [2.75, 3.05) is 21.3 Å². The van der Waals surface area contributed by atoms with Crippen LogP contribution in [0.1, 0.15) is 17.5 Å². The van der Waals surface area contributed by atoms with E-state index in [1.54, 1.807) is 6.07 Å². The van der Waals surface area contributed by atoms with E-state index in [-0.39, 0.29) is 35.2 Å². The molecule has 1 aromatic rings. The molecule has 3 aliphatic carbocycles. The van der Waals surface area contributed by atoms with Crippen LogP contribution in [0.3, 0.4) is 0 Å². The van der Waals surface area contributed by atoms with Crippen LogP contribution in [-0.4, -0.2) is 44.7 Å². The summed E-state index contributed by atoms with van der Waals surface area (Å²) in [5, 5.41) is 13.2. The maximum Gasteiger partial charge on any atom is 0.207 e. The molecule has 3 aliphatic rings. The molecular formula is C20H21NO6. The monoisotopic (exact) mass is 371 g/mol. The number of aryl methyl sites for hydroxylation is 1. The van der Waals surface area contributed by atoms with Crippen LogP contribution in [0, 0.1) is 11.8 Å². The summed E-state index contributed by atoms with van der Waals surface area (Å²) < 4.78 is 16.2. The van der Waals surface area contributed by atoms with Gasteiger partial charge in [-0.15, -0.1) is 0 Å². The number of hydrogen-bond acceptors (Lipinski definition) is 6. The van der Waals surface area contributed by atoms with Crippen molar-refractivity contribution >= 4 is 17.8 Å². The second-order valence-corrected chi connectivity index (χ2v) is 6.84. The van der Waals surface area contributed by atoms with E-state index in [1.807, 2.05) is 6.08 Å². The second-order valence-electron chi connectivity index (χ2n) is 6.84. The fourth-order valence-corrected chi connectivity index (χ4v) is 4.66. The largest absolute Gasteiger partial charge is 0.504 e. The number of benzene rings is 1. The van der Waals surface area contributed by atoms with Gasteiger partial charge in [0.1, 0.15) is 0 Å². The number of carbonyl (C=O) groups is 2. The van der Waals surface area contributed by atoms with Crippen LogP contribution >= 0.6 is 0 Å². The van der Waals surface area contributed by atoms with Crippen LogP contribution in [0.15, 0.2) is 23.5 Å². The van der Waals surface area contributed by atoms with E-state index in [0.29, 0.717) is 30.8 Å². The van der Waals surface area contributed by atoms with Crippen molar-refractivity contribution in [1.29, 1.82) is 0 Å². The molecule has 0 bridgehead atoms. The number of amides is 1. The lowest BCUT2D eigenvalue weighted by Crippen LogP contribution is -2.42. The van der Waals surface area contributed by atoms with Crippen molar-refractivity contribution in [3.63, 3.8) is 0 Å². The van der Waals surface area contributed by atoms with Crippen molar-refractivity contribution in [3.8, 4) is 17.2 Å². The van der Waals surface area contributed by atoms with Crippen LogP contribution < -0.4 is 14.8 Å². The van der Waals surface area contributed by atoms with Gasteiger partial charge in [0.25, 0.3) is 0 Å². The first kappa shape index (κ1) is 17.5. The SMILES string of the molecule is COC1=C[C@@H]2C3=C([C@@H]2C1=O)[C@@H](NC=O)CCc1cc(O)c(OC)c(OC)c13. The van der Waals surface area contributed by atoms with E-state index in [1.165, 1.54) is 21.3 Å². The molecule has 2 N–H and O–H groups in total. The molecule has 1 aromatic carbocycles. The number of ether oxygens (including phenoxy) is 3. The summed E-state index contributed by atoms with van der Waals surface area (Å²) in [6.07, 6.45) is 3.74. The molecule has 4 rings (SSSR count). The number of carbonyl (C=O) groups excluding carboxylic acids is 2. The molecule has 0 unspecified atom stereocenters. The Labute approximate surface area is 156 Å². The molecule has 0 aliphatic heterocycles. The molecule has 27 heavy (non-hydrogen) atoms. The smallest absolute Gasteiger partial charge is 0.207 e. The zero-order valence-electron chi connectivity index (χ0n) is 15.4. The first-order valence-corrected chi connectivity index (χ1v) is 8.78. The van der Waals surface area contributed by atoms with Gasteiger partial charge in [-0.3, -0.25) is 9.59 Å². The third-order valence-corrected chi connectivity index (χ3v) is 5.74. The number of nitrogens with one attached hydrogen (secondary N) is 1. The predicted molar refractivity (Wildman–Crippen MR) is 96.5 cm³/mol. The van der Waals surface area contributed by atoms with Crippen molar-refractivity contribution in [1.82, 2.24) is 5.32 Å². The Balaban J connectivity index is 1.97. The Hall–Kier alpha value is -2.96. The summed E-state index contributed by atoms with van der Waals surface area (Å²) in [5.74, 6) is 0.511. The van der Waals surface area contributed by atoms with E-state index >= 15 is 0 Å². The summed E-state index contributed by atoms with van der Waals surface area (Å²) >= 11 is 0. The van der Waals surface area contributed by atoms with Gasteiger partial charge >= 0.3 is 0 Å². The zero-order valence-corrected chi connectivity index (χ0v) is 15.4. The summed E-state index contributed by atoms with van der Waals surface area (Å²) in [7, 11) is 4.48. The summed E-state index contributed by atoms with van der Waals surface area (Å²) in [6, 6.07) is 1.42. The predicted octanol–water partition coefficient (Wildman–Crippen LogP) is 1.58. The number of phenols is 1. The topological polar surface area (TPSA) is 94.1 Å². The Morgan fingerprint density at radius 2 is 1.93 bits per heavy atom. The van der Waals surface area contributed by atoms with Gasteiger partial charge in [-0.1, -0.05) is 0 Å². The number of fused-ring (bicyclic) bond motifs is 5. The van der Waals surface area contributed by atoms with Crippen molar-refractivity contribution < 1.29 is 28.9 Å². The normalized spacial score (nSPS) is 25.4. The van der Waals surface area contributed by atoms with Crippen LogP contribution in [-0.2, 0) is 20.7 Å². The third kappa shape index (κ3) is 2.27. The standard InChI is InChI=1S/C20H21NO6/c1-25-13-7-10-15-14-9(6-12(23)19(26-2)20(14)27-3)4-5-11(21-8-22)17(15)16(10)18(13)24/h6-8,10-11,16,23H,4-5H2,1-3H3,(H,21,22)/t10-,11+,16-/m1/s1. The highest BCUT2D eigenvalue weighted by Gasteiger charge is 2.54. The van der Waals surface area contributed by atoms with Gasteiger partial charge in [0.15, 0.2) is 17.3 Å². The molecule has 0 aromatic heterocycles. The van der Waals surface area contributed by atoms with E-state index in [0.717, 1.165) is 22.3 Å². The number of aromatic hydroxyl groups is 1. The fraction of sp³-hybridized carbons (Fsp3) is 0.400. The minimum atomic E-state index is -0.331. The molecule has 0 fully saturated rings. The third-order valence-electron chi connectivity index (χ3n) is 5.74. The van der Waals surface area contributed by atoms with Crippen LogP contribution in [0.25, 0.3) is 5.57 Å². The van der Waals surface area contributed by atoms with Gasteiger partial charge in [-0.05, 0) is 41.7 Å². The Morgan fingerprint density at radius 1 is 1.19 bits per heavy atom. The summed E-state index contributed by atoms with van der Waals surface area (Å²) in [4.78, 5) is 23.9. The zero-order chi connectivity index (χ0) is 19.3. The minimum absolute atomic E-state index is 0.00328. The first-order chi connectivity index (χ1) is 13.1. The minimum Gasteiger partial charge on any atom is -0.504 e.